The van der Waals surface area contributed by atoms with Crippen molar-refractivity contribution < 1.29 is 4.74 Å². The Kier molecular flexibility index (Phi) is 3.79. The standard InChI is InChI=1S/C10H9BrClNO/c1-6(13-2)8-4-7(12)5-9(11)10(8)14-3/h4-6H,1,3H3. The van der Waals surface area contributed by atoms with Gasteiger partial charge < -0.3 is 9.58 Å². The normalized spacial score (nSPS) is 11.9. The Labute approximate surface area is 96.8 Å². The van der Waals surface area contributed by atoms with E-state index in [0.29, 0.717) is 10.8 Å². The highest BCUT2D eigenvalue weighted by atomic mass is 79.9. The minimum atomic E-state index is -0.250. The number of methoxy groups -OCH3 is 1. The zero-order valence-corrected chi connectivity index (χ0v) is 10.2. The molecule has 4 heteroatoms. The van der Waals surface area contributed by atoms with Gasteiger partial charge in [-0.2, -0.15) is 0 Å². The molecule has 0 saturated heterocycles. The van der Waals surface area contributed by atoms with Crippen molar-refractivity contribution in [1.82, 2.24) is 0 Å². The highest BCUT2D eigenvalue weighted by Crippen LogP contribution is 2.36. The number of halogens is 2. The Bertz CT molecular complexity index is 386. The van der Waals surface area contributed by atoms with Gasteiger partial charge in [-0.05, 0) is 28.1 Å². The maximum Gasteiger partial charge on any atom is 0.249 e. The maximum absolute atomic E-state index is 6.97. The van der Waals surface area contributed by atoms with Crippen molar-refractivity contribution in [2.24, 2.45) is 0 Å². The molecule has 0 aliphatic rings. The van der Waals surface area contributed by atoms with Gasteiger partial charge in [0, 0.05) is 11.9 Å². The third-order valence-corrected chi connectivity index (χ3v) is 2.69. The Morgan fingerprint density at radius 1 is 1.57 bits per heavy atom. The summed E-state index contributed by atoms with van der Waals surface area (Å²) in [5.41, 5.74) is 0.807. The van der Waals surface area contributed by atoms with E-state index < -0.39 is 0 Å². The molecule has 1 unspecified atom stereocenters. The van der Waals surface area contributed by atoms with Gasteiger partial charge in [0.2, 0.25) is 6.04 Å². The Hall–Kier alpha value is -0.720. The summed E-state index contributed by atoms with van der Waals surface area (Å²) in [6.07, 6.45) is 0. The number of rotatable bonds is 2. The van der Waals surface area contributed by atoms with E-state index in [1.807, 2.05) is 6.92 Å². The fourth-order valence-corrected chi connectivity index (χ4v) is 2.17. The summed E-state index contributed by atoms with van der Waals surface area (Å²) in [5, 5.41) is 0.600. The van der Waals surface area contributed by atoms with Gasteiger partial charge in [-0.25, -0.2) is 6.57 Å². The molecule has 0 N–H and O–H groups in total. The van der Waals surface area contributed by atoms with Crippen LogP contribution in [-0.2, 0) is 0 Å². The third-order valence-electron chi connectivity index (χ3n) is 1.88. The van der Waals surface area contributed by atoms with Crippen LogP contribution in [0.2, 0.25) is 5.02 Å². The van der Waals surface area contributed by atoms with E-state index in [2.05, 4.69) is 20.8 Å². The average Bonchev–Trinajstić information content (AvgIpc) is 2.15. The summed E-state index contributed by atoms with van der Waals surface area (Å²) in [4.78, 5) is 3.44. The molecule has 1 aromatic carbocycles. The van der Waals surface area contributed by atoms with Gasteiger partial charge >= 0.3 is 0 Å². The second-order valence-corrected chi connectivity index (χ2v) is 4.11. The van der Waals surface area contributed by atoms with Crippen LogP contribution in [0.15, 0.2) is 16.6 Å². The van der Waals surface area contributed by atoms with Gasteiger partial charge in [0.05, 0.1) is 17.1 Å². The van der Waals surface area contributed by atoms with Crippen molar-refractivity contribution in [3.63, 3.8) is 0 Å². The van der Waals surface area contributed by atoms with E-state index in [-0.39, 0.29) is 6.04 Å². The van der Waals surface area contributed by atoms with Crippen LogP contribution in [0.4, 0.5) is 0 Å². The largest absolute Gasteiger partial charge is 0.495 e. The van der Waals surface area contributed by atoms with Gasteiger partial charge in [0.15, 0.2) is 0 Å². The first-order chi connectivity index (χ1) is 6.60. The predicted octanol–water partition coefficient (Wildman–Crippen LogP) is 4.09. The minimum Gasteiger partial charge on any atom is -0.495 e. The van der Waals surface area contributed by atoms with Crippen molar-refractivity contribution in [1.29, 1.82) is 0 Å². The number of ether oxygens (including phenoxy) is 1. The van der Waals surface area contributed by atoms with Gasteiger partial charge in [0.25, 0.3) is 0 Å². The summed E-state index contributed by atoms with van der Waals surface area (Å²) in [6.45, 7) is 8.78. The molecule has 0 radical (unpaired) electrons. The van der Waals surface area contributed by atoms with Gasteiger partial charge in [0.1, 0.15) is 5.75 Å². The van der Waals surface area contributed by atoms with Crippen LogP contribution < -0.4 is 4.74 Å². The van der Waals surface area contributed by atoms with Crippen LogP contribution in [0.25, 0.3) is 4.85 Å². The molecule has 0 heterocycles. The van der Waals surface area contributed by atoms with E-state index in [1.165, 1.54) is 0 Å². The highest BCUT2D eigenvalue weighted by molar-refractivity contribution is 9.10. The van der Waals surface area contributed by atoms with Crippen LogP contribution in [-0.4, -0.2) is 7.11 Å². The summed E-state index contributed by atoms with van der Waals surface area (Å²) >= 11 is 9.23. The maximum atomic E-state index is 6.97. The predicted molar refractivity (Wildman–Crippen MR) is 60.7 cm³/mol. The van der Waals surface area contributed by atoms with Crippen molar-refractivity contribution in [2.45, 2.75) is 13.0 Å². The van der Waals surface area contributed by atoms with Crippen LogP contribution in [0.1, 0.15) is 18.5 Å². The lowest BCUT2D eigenvalue weighted by molar-refractivity contribution is 0.406. The second kappa shape index (κ2) is 4.68. The van der Waals surface area contributed by atoms with E-state index in [9.17, 15) is 0 Å². The molecule has 1 aromatic rings. The molecule has 2 nitrogen and oxygen atoms in total. The van der Waals surface area contributed by atoms with Crippen LogP contribution in [0.3, 0.4) is 0 Å². The first-order valence-electron chi connectivity index (χ1n) is 3.99. The zero-order valence-electron chi connectivity index (χ0n) is 7.84. The molecule has 1 rings (SSSR count). The Balaban J connectivity index is 3.33. The van der Waals surface area contributed by atoms with Gasteiger partial charge in [-0.1, -0.05) is 11.6 Å². The molecule has 1 atom stereocenters. The average molecular weight is 275 g/mol. The zero-order chi connectivity index (χ0) is 10.7. The quantitative estimate of drug-likeness (QED) is 0.741. The summed E-state index contributed by atoms with van der Waals surface area (Å²) < 4.78 is 5.98. The van der Waals surface area contributed by atoms with Gasteiger partial charge in [-0.15, -0.1) is 0 Å². The molecule has 0 aliphatic carbocycles. The molecular weight excluding hydrogens is 265 g/mol. The number of hydrogen-bond acceptors (Lipinski definition) is 1. The first kappa shape index (κ1) is 11.4. The number of benzene rings is 1. The Morgan fingerprint density at radius 3 is 2.71 bits per heavy atom. The van der Waals surface area contributed by atoms with Crippen molar-refractivity contribution in [3.05, 3.63) is 38.6 Å². The summed E-state index contributed by atoms with van der Waals surface area (Å²) in [7, 11) is 1.58. The molecule has 0 bridgehead atoms. The van der Waals surface area contributed by atoms with Gasteiger partial charge in [-0.3, -0.25) is 0 Å². The lowest BCUT2D eigenvalue weighted by Crippen LogP contribution is -1.95. The van der Waals surface area contributed by atoms with Crippen LogP contribution in [0.5, 0.6) is 5.75 Å². The molecule has 14 heavy (non-hydrogen) atoms. The second-order valence-electron chi connectivity index (χ2n) is 2.82. The monoisotopic (exact) mass is 273 g/mol. The van der Waals surface area contributed by atoms with E-state index >= 15 is 0 Å². The molecule has 0 amide bonds. The van der Waals surface area contributed by atoms with Crippen molar-refractivity contribution in [2.75, 3.05) is 7.11 Å². The van der Waals surface area contributed by atoms with E-state index in [0.717, 1.165) is 10.0 Å². The van der Waals surface area contributed by atoms with Crippen LogP contribution >= 0.6 is 27.5 Å². The van der Waals surface area contributed by atoms with Crippen LogP contribution in [0, 0.1) is 6.57 Å². The number of hydrogen-bond donors (Lipinski definition) is 0. The first-order valence-corrected chi connectivity index (χ1v) is 5.16. The fraction of sp³-hybridized carbons (Fsp3) is 0.300. The minimum absolute atomic E-state index is 0.250. The highest BCUT2D eigenvalue weighted by Gasteiger charge is 2.18. The number of nitrogens with zero attached hydrogens (tertiary/aromatic N) is 1. The van der Waals surface area contributed by atoms with Crippen molar-refractivity contribution in [3.8, 4) is 5.75 Å². The molecule has 0 saturated carbocycles. The van der Waals surface area contributed by atoms with Crippen molar-refractivity contribution >= 4 is 27.5 Å². The molecule has 0 aliphatic heterocycles. The third kappa shape index (κ3) is 2.20. The van der Waals surface area contributed by atoms with E-state index in [1.54, 1.807) is 19.2 Å². The SMILES string of the molecule is [C-]#[N+]C(C)c1cc(Cl)cc(Br)c1OC. The summed E-state index contributed by atoms with van der Waals surface area (Å²) in [6, 6.07) is 3.26. The summed E-state index contributed by atoms with van der Waals surface area (Å²) in [5.74, 6) is 0.679. The lowest BCUT2D eigenvalue weighted by Gasteiger charge is -2.10. The molecular formula is C10H9BrClNO. The smallest absolute Gasteiger partial charge is 0.249 e. The molecule has 0 spiro atoms. The molecule has 0 aromatic heterocycles. The Morgan fingerprint density at radius 2 is 2.21 bits per heavy atom. The fourth-order valence-electron chi connectivity index (χ4n) is 1.18. The molecule has 0 fully saturated rings. The lowest BCUT2D eigenvalue weighted by atomic mass is 10.1. The van der Waals surface area contributed by atoms with E-state index in [4.69, 9.17) is 22.9 Å². The molecule has 74 valence electrons. The topological polar surface area (TPSA) is 13.6 Å².